The van der Waals surface area contributed by atoms with E-state index in [1.165, 1.54) is 11.3 Å². The maximum atomic E-state index is 5.90. The Bertz CT molecular complexity index is 504. The van der Waals surface area contributed by atoms with Crippen LogP contribution < -0.4 is 5.32 Å². The fourth-order valence-corrected chi connectivity index (χ4v) is 2.19. The van der Waals surface area contributed by atoms with Crippen molar-refractivity contribution < 1.29 is 0 Å². The molecule has 0 aliphatic heterocycles. The molecule has 0 aliphatic rings. The van der Waals surface area contributed by atoms with E-state index < -0.39 is 0 Å². The van der Waals surface area contributed by atoms with Crippen LogP contribution in [-0.2, 0) is 13.1 Å². The SMILES string of the molecule is CCCn1cncc1CN[C@H](C)c1ccc(Cl)cc1. The molecule has 1 aromatic carbocycles. The number of nitrogens with one attached hydrogen (secondary N) is 1. The van der Waals surface area contributed by atoms with Gasteiger partial charge in [-0.25, -0.2) is 4.98 Å². The third-order valence-corrected chi connectivity index (χ3v) is 3.47. The summed E-state index contributed by atoms with van der Waals surface area (Å²) in [4.78, 5) is 4.21. The minimum Gasteiger partial charge on any atom is -0.333 e. The van der Waals surface area contributed by atoms with E-state index in [2.05, 4.69) is 40.8 Å². The molecule has 0 radical (unpaired) electrons. The maximum absolute atomic E-state index is 5.90. The smallest absolute Gasteiger partial charge is 0.0948 e. The van der Waals surface area contributed by atoms with Crippen LogP contribution in [0.2, 0.25) is 5.02 Å². The number of hydrogen-bond donors (Lipinski definition) is 1. The lowest BCUT2D eigenvalue weighted by atomic mass is 10.1. The minimum atomic E-state index is 0.294. The highest BCUT2D eigenvalue weighted by Crippen LogP contribution is 2.16. The number of imidazole rings is 1. The Morgan fingerprint density at radius 2 is 2.05 bits per heavy atom. The number of hydrogen-bond acceptors (Lipinski definition) is 2. The molecule has 1 atom stereocenters. The van der Waals surface area contributed by atoms with Gasteiger partial charge in [0.05, 0.1) is 12.0 Å². The van der Waals surface area contributed by atoms with Crippen LogP contribution in [0.15, 0.2) is 36.8 Å². The second-order valence-electron chi connectivity index (χ2n) is 4.73. The molecule has 0 saturated carbocycles. The van der Waals surface area contributed by atoms with Gasteiger partial charge in [0.2, 0.25) is 0 Å². The molecule has 1 N–H and O–H groups in total. The van der Waals surface area contributed by atoms with Gasteiger partial charge in [-0.3, -0.25) is 0 Å². The van der Waals surface area contributed by atoms with Crippen LogP contribution in [0.4, 0.5) is 0 Å². The van der Waals surface area contributed by atoms with E-state index in [0.29, 0.717) is 6.04 Å². The molecule has 0 fully saturated rings. The summed E-state index contributed by atoms with van der Waals surface area (Å²) >= 11 is 5.90. The normalized spacial score (nSPS) is 12.6. The Hall–Kier alpha value is -1.32. The molecule has 0 aliphatic carbocycles. The highest BCUT2D eigenvalue weighted by atomic mass is 35.5. The summed E-state index contributed by atoms with van der Waals surface area (Å²) in [5, 5.41) is 4.29. The Balaban J connectivity index is 1.94. The molecule has 1 aromatic heterocycles. The molecule has 2 aromatic rings. The van der Waals surface area contributed by atoms with Crippen molar-refractivity contribution in [3.05, 3.63) is 53.1 Å². The molecule has 0 unspecified atom stereocenters. The lowest BCUT2D eigenvalue weighted by Crippen LogP contribution is -2.20. The van der Waals surface area contributed by atoms with Crippen molar-refractivity contribution in [1.29, 1.82) is 0 Å². The van der Waals surface area contributed by atoms with Crippen LogP contribution in [0.25, 0.3) is 0 Å². The maximum Gasteiger partial charge on any atom is 0.0948 e. The fraction of sp³-hybridized carbons (Fsp3) is 0.400. The second kappa shape index (κ2) is 6.73. The first-order valence-electron chi connectivity index (χ1n) is 6.68. The van der Waals surface area contributed by atoms with Crippen LogP contribution in [0.3, 0.4) is 0 Å². The van der Waals surface area contributed by atoms with Crippen LogP contribution in [0, 0.1) is 0 Å². The van der Waals surface area contributed by atoms with E-state index in [-0.39, 0.29) is 0 Å². The van der Waals surface area contributed by atoms with Gasteiger partial charge in [0.15, 0.2) is 0 Å². The van der Waals surface area contributed by atoms with Gasteiger partial charge >= 0.3 is 0 Å². The van der Waals surface area contributed by atoms with Gasteiger partial charge in [-0.05, 0) is 31.0 Å². The zero-order valence-corrected chi connectivity index (χ0v) is 12.2. The fourth-order valence-electron chi connectivity index (χ4n) is 2.06. The molecule has 0 saturated heterocycles. The van der Waals surface area contributed by atoms with E-state index >= 15 is 0 Å². The molecular formula is C15H20ClN3. The highest BCUT2D eigenvalue weighted by Gasteiger charge is 2.07. The van der Waals surface area contributed by atoms with Gasteiger partial charge < -0.3 is 9.88 Å². The first-order valence-corrected chi connectivity index (χ1v) is 7.06. The third-order valence-electron chi connectivity index (χ3n) is 3.22. The number of halogens is 1. The Morgan fingerprint density at radius 1 is 1.32 bits per heavy atom. The molecule has 4 heteroatoms. The van der Waals surface area contributed by atoms with E-state index in [4.69, 9.17) is 11.6 Å². The number of aromatic nitrogens is 2. The highest BCUT2D eigenvalue weighted by molar-refractivity contribution is 6.30. The Kier molecular flexibility index (Phi) is 5.00. The summed E-state index contributed by atoms with van der Waals surface area (Å²) in [6, 6.07) is 8.27. The molecule has 19 heavy (non-hydrogen) atoms. The average molecular weight is 278 g/mol. The topological polar surface area (TPSA) is 29.9 Å². The van der Waals surface area contributed by atoms with Gasteiger partial charge in [0.25, 0.3) is 0 Å². The van der Waals surface area contributed by atoms with Crippen molar-refractivity contribution in [2.24, 2.45) is 0 Å². The van der Waals surface area contributed by atoms with Crippen LogP contribution in [-0.4, -0.2) is 9.55 Å². The molecule has 0 amide bonds. The zero-order chi connectivity index (χ0) is 13.7. The standard InChI is InChI=1S/C15H20ClN3/c1-3-8-19-11-17-9-15(19)10-18-12(2)13-4-6-14(16)7-5-13/h4-7,9,11-12,18H,3,8,10H2,1-2H3/t12-/m1/s1. The van der Waals surface area contributed by atoms with Crippen molar-refractivity contribution in [2.45, 2.75) is 39.4 Å². The van der Waals surface area contributed by atoms with Gasteiger partial charge in [-0.1, -0.05) is 30.7 Å². The predicted octanol–water partition coefficient (Wildman–Crippen LogP) is 3.80. The van der Waals surface area contributed by atoms with Gasteiger partial charge in [-0.2, -0.15) is 0 Å². The molecule has 0 spiro atoms. The minimum absolute atomic E-state index is 0.294. The molecule has 102 valence electrons. The van der Waals surface area contributed by atoms with Crippen molar-refractivity contribution in [3.8, 4) is 0 Å². The zero-order valence-electron chi connectivity index (χ0n) is 11.4. The number of rotatable bonds is 6. The van der Waals surface area contributed by atoms with Crippen LogP contribution in [0.5, 0.6) is 0 Å². The van der Waals surface area contributed by atoms with E-state index in [0.717, 1.165) is 24.5 Å². The summed E-state index contributed by atoms with van der Waals surface area (Å²) < 4.78 is 2.20. The molecular weight excluding hydrogens is 258 g/mol. The molecule has 1 heterocycles. The third kappa shape index (κ3) is 3.82. The first-order chi connectivity index (χ1) is 9.20. The van der Waals surface area contributed by atoms with Crippen molar-refractivity contribution in [2.75, 3.05) is 0 Å². The average Bonchev–Trinajstić information content (AvgIpc) is 2.85. The number of aryl methyl sites for hydroxylation is 1. The van der Waals surface area contributed by atoms with Crippen molar-refractivity contribution in [1.82, 2.24) is 14.9 Å². The molecule has 0 bridgehead atoms. The van der Waals surface area contributed by atoms with Crippen molar-refractivity contribution in [3.63, 3.8) is 0 Å². The summed E-state index contributed by atoms with van der Waals surface area (Å²) in [6.07, 6.45) is 4.95. The monoisotopic (exact) mass is 277 g/mol. The largest absolute Gasteiger partial charge is 0.333 e. The predicted molar refractivity (Wildman–Crippen MR) is 79.2 cm³/mol. The van der Waals surface area contributed by atoms with E-state index in [9.17, 15) is 0 Å². The van der Waals surface area contributed by atoms with Gasteiger partial charge in [0, 0.05) is 30.4 Å². The lowest BCUT2D eigenvalue weighted by molar-refractivity contribution is 0.541. The Labute approximate surface area is 119 Å². The second-order valence-corrected chi connectivity index (χ2v) is 5.17. The van der Waals surface area contributed by atoms with Gasteiger partial charge in [0.1, 0.15) is 0 Å². The number of nitrogens with zero attached hydrogens (tertiary/aromatic N) is 2. The summed E-state index contributed by atoms with van der Waals surface area (Å²) in [5.74, 6) is 0. The number of benzene rings is 1. The quantitative estimate of drug-likeness (QED) is 0.870. The van der Waals surface area contributed by atoms with Crippen molar-refractivity contribution >= 4 is 11.6 Å². The van der Waals surface area contributed by atoms with Crippen LogP contribution >= 0.6 is 11.6 Å². The van der Waals surface area contributed by atoms with E-state index in [1.807, 2.05) is 24.7 Å². The lowest BCUT2D eigenvalue weighted by Gasteiger charge is -2.15. The first kappa shape index (κ1) is 14.1. The van der Waals surface area contributed by atoms with E-state index in [1.54, 1.807) is 0 Å². The molecule has 3 nitrogen and oxygen atoms in total. The van der Waals surface area contributed by atoms with Gasteiger partial charge in [-0.15, -0.1) is 0 Å². The summed E-state index contributed by atoms with van der Waals surface area (Å²) in [6.45, 7) is 6.17. The molecule has 2 rings (SSSR count). The summed E-state index contributed by atoms with van der Waals surface area (Å²) in [7, 11) is 0. The van der Waals surface area contributed by atoms with Crippen LogP contribution in [0.1, 0.15) is 37.6 Å². The Morgan fingerprint density at radius 3 is 2.74 bits per heavy atom. The summed E-state index contributed by atoms with van der Waals surface area (Å²) in [5.41, 5.74) is 2.47.